The van der Waals surface area contributed by atoms with E-state index in [-0.39, 0.29) is 0 Å². The number of rotatable bonds is 2. The van der Waals surface area contributed by atoms with E-state index in [1.54, 1.807) is 0 Å². The first kappa shape index (κ1) is 27.0. The van der Waals surface area contributed by atoms with Crippen LogP contribution in [0, 0.1) is 0 Å². The van der Waals surface area contributed by atoms with Crippen molar-refractivity contribution in [3.8, 4) is 22.3 Å². The molecule has 0 fully saturated rings. The van der Waals surface area contributed by atoms with Gasteiger partial charge in [-0.1, -0.05) is 146 Å². The van der Waals surface area contributed by atoms with Gasteiger partial charge in [-0.3, -0.25) is 0 Å². The van der Waals surface area contributed by atoms with E-state index < -0.39 is 0 Å². The van der Waals surface area contributed by atoms with Crippen LogP contribution in [0.25, 0.3) is 107 Å². The summed E-state index contributed by atoms with van der Waals surface area (Å²) < 4.78 is 2.67. The summed E-state index contributed by atoms with van der Waals surface area (Å²) in [6.45, 7) is 0. The van der Waals surface area contributed by atoms with Gasteiger partial charge < -0.3 is 0 Å². The van der Waals surface area contributed by atoms with Gasteiger partial charge >= 0.3 is 0 Å². The minimum atomic E-state index is 1.25. The van der Waals surface area contributed by atoms with E-state index in [1.807, 2.05) is 11.3 Å². The monoisotopic (exact) mass is 636 g/mol. The van der Waals surface area contributed by atoms with Gasteiger partial charge in [0.05, 0.1) is 0 Å². The summed E-state index contributed by atoms with van der Waals surface area (Å²) in [4.78, 5) is 0. The predicted molar refractivity (Wildman–Crippen MR) is 215 cm³/mol. The molecule has 1 heterocycles. The molecule has 0 aliphatic carbocycles. The summed E-state index contributed by atoms with van der Waals surface area (Å²) in [5.41, 5.74) is 5.11. The fourth-order valence-electron chi connectivity index (χ4n) is 8.43. The molecule has 0 aliphatic rings. The molecule has 0 unspecified atom stereocenters. The summed E-state index contributed by atoms with van der Waals surface area (Å²) in [7, 11) is 0. The van der Waals surface area contributed by atoms with Gasteiger partial charge in [0, 0.05) is 20.2 Å². The van der Waals surface area contributed by atoms with Crippen LogP contribution < -0.4 is 0 Å². The maximum absolute atomic E-state index is 2.44. The highest BCUT2D eigenvalue weighted by atomic mass is 32.1. The van der Waals surface area contributed by atoms with Crippen molar-refractivity contribution in [3.63, 3.8) is 0 Å². The lowest BCUT2D eigenvalue weighted by molar-refractivity contribution is 1.69. The zero-order valence-corrected chi connectivity index (χ0v) is 27.4. The summed E-state index contributed by atoms with van der Waals surface area (Å²) in [6.07, 6.45) is 0. The number of fused-ring (bicyclic) bond motifs is 12. The van der Waals surface area contributed by atoms with E-state index >= 15 is 0 Å². The molecule has 0 spiro atoms. The summed E-state index contributed by atoms with van der Waals surface area (Å²) in [5.74, 6) is 0. The first-order valence-electron chi connectivity index (χ1n) is 16.9. The topological polar surface area (TPSA) is 0 Å². The molecule has 10 aromatic carbocycles. The molecular formula is C48H28S. The van der Waals surface area contributed by atoms with Crippen LogP contribution >= 0.6 is 11.3 Å². The van der Waals surface area contributed by atoms with E-state index in [1.165, 1.54) is 107 Å². The minimum absolute atomic E-state index is 1.25. The van der Waals surface area contributed by atoms with E-state index in [9.17, 15) is 0 Å². The molecule has 226 valence electrons. The van der Waals surface area contributed by atoms with Crippen molar-refractivity contribution in [2.75, 3.05) is 0 Å². The molecule has 0 atom stereocenters. The van der Waals surface area contributed by atoms with Crippen LogP contribution in [-0.4, -0.2) is 0 Å². The summed E-state index contributed by atoms with van der Waals surface area (Å²) in [5, 5.41) is 18.2. The maximum atomic E-state index is 2.44. The molecule has 49 heavy (non-hydrogen) atoms. The highest BCUT2D eigenvalue weighted by molar-refractivity contribution is 7.25. The normalized spacial score (nSPS) is 12.1. The Morgan fingerprint density at radius 2 is 0.633 bits per heavy atom. The van der Waals surface area contributed by atoms with Crippen LogP contribution in [0.1, 0.15) is 0 Å². The molecule has 0 amide bonds. The van der Waals surface area contributed by atoms with Gasteiger partial charge in [-0.05, 0) is 111 Å². The second-order valence-corrected chi connectivity index (χ2v) is 14.3. The van der Waals surface area contributed by atoms with Gasteiger partial charge in [0.25, 0.3) is 0 Å². The average molecular weight is 637 g/mol. The van der Waals surface area contributed by atoms with Crippen LogP contribution in [-0.2, 0) is 0 Å². The van der Waals surface area contributed by atoms with E-state index in [0.717, 1.165) is 0 Å². The highest BCUT2D eigenvalue weighted by Gasteiger charge is 2.19. The molecule has 0 bridgehead atoms. The average Bonchev–Trinajstić information content (AvgIpc) is 3.52. The Morgan fingerprint density at radius 1 is 0.245 bits per heavy atom. The second kappa shape index (κ2) is 10.2. The largest absolute Gasteiger partial charge is 0.135 e. The quantitative estimate of drug-likeness (QED) is 0.131. The Kier molecular flexibility index (Phi) is 5.64. The Hall–Kier alpha value is -6.02. The standard InChI is InChI=1S/C48H28S/c1-2-12-30-27-46-44(25-29(30)11-1)38-24-22-32(28-45(38)49-46)48-41-19-9-7-17-39(41)47(40-18-8-10-20-42(40)48)31-21-23-37-35-15-4-3-13-33(35)34-14-5-6-16-36(34)43(37)26-31/h1-28H. The Balaban J connectivity index is 1.19. The van der Waals surface area contributed by atoms with Crippen molar-refractivity contribution in [1.29, 1.82) is 0 Å². The molecule has 0 saturated carbocycles. The molecule has 0 radical (unpaired) electrons. The molecule has 0 nitrogen and oxygen atoms in total. The van der Waals surface area contributed by atoms with E-state index in [4.69, 9.17) is 0 Å². The van der Waals surface area contributed by atoms with Crippen LogP contribution in [0.3, 0.4) is 0 Å². The molecular weight excluding hydrogens is 609 g/mol. The second-order valence-electron chi connectivity index (χ2n) is 13.2. The fraction of sp³-hybridized carbons (Fsp3) is 0. The molecule has 0 saturated heterocycles. The zero-order chi connectivity index (χ0) is 32.1. The van der Waals surface area contributed by atoms with Crippen molar-refractivity contribution in [1.82, 2.24) is 0 Å². The van der Waals surface area contributed by atoms with E-state index in [2.05, 4.69) is 170 Å². The van der Waals surface area contributed by atoms with Crippen molar-refractivity contribution in [2.24, 2.45) is 0 Å². The van der Waals surface area contributed by atoms with Crippen molar-refractivity contribution in [2.45, 2.75) is 0 Å². The lowest BCUT2D eigenvalue weighted by Gasteiger charge is -2.18. The lowest BCUT2D eigenvalue weighted by Crippen LogP contribution is -1.91. The van der Waals surface area contributed by atoms with Crippen LogP contribution in [0.5, 0.6) is 0 Å². The molecule has 11 aromatic rings. The molecule has 0 N–H and O–H groups in total. The maximum Gasteiger partial charge on any atom is 0.0361 e. The van der Waals surface area contributed by atoms with Crippen LogP contribution in [0.2, 0.25) is 0 Å². The zero-order valence-electron chi connectivity index (χ0n) is 26.6. The van der Waals surface area contributed by atoms with Gasteiger partial charge in [-0.2, -0.15) is 0 Å². The van der Waals surface area contributed by atoms with Crippen molar-refractivity contribution >= 4 is 96.1 Å². The van der Waals surface area contributed by atoms with Crippen LogP contribution in [0.4, 0.5) is 0 Å². The van der Waals surface area contributed by atoms with Crippen molar-refractivity contribution < 1.29 is 0 Å². The predicted octanol–water partition coefficient (Wildman–Crippen LogP) is 14.3. The van der Waals surface area contributed by atoms with Gasteiger partial charge in [0.2, 0.25) is 0 Å². The Labute approximate surface area is 287 Å². The number of hydrogen-bond acceptors (Lipinski definition) is 1. The van der Waals surface area contributed by atoms with Gasteiger partial charge in [0.1, 0.15) is 0 Å². The third-order valence-corrected chi connectivity index (χ3v) is 11.7. The molecule has 11 rings (SSSR count). The Bertz CT molecular complexity index is 3070. The Morgan fingerprint density at radius 3 is 1.18 bits per heavy atom. The van der Waals surface area contributed by atoms with Gasteiger partial charge in [-0.25, -0.2) is 0 Å². The van der Waals surface area contributed by atoms with Crippen LogP contribution in [0.15, 0.2) is 170 Å². The first-order chi connectivity index (χ1) is 24.3. The minimum Gasteiger partial charge on any atom is -0.135 e. The summed E-state index contributed by atoms with van der Waals surface area (Å²) in [6, 6.07) is 63.3. The third-order valence-electron chi connectivity index (χ3n) is 10.6. The molecule has 0 aliphatic heterocycles. The number of thiophene rings is 1. The summed E-state index contributed by atoms with van der Waals surface area (Å²) >= 11 is 1.90. The van der Waals surface area contributed by atoms with Gasteiger partial charge in [0.15, 0.2) is 0 Å². The number of hydrogen-bond donors (Lipinski definition) is 0. The lowest BCUT2D eigenvalue weighted by atomic mass is 9.85. The van der Waals surface area contributed by atoms with Crippen molar-refractivity contribution in [3.05, 3.63) is 170 Å². The molecule has 1 heteroatoms. The fourth-order valence-corrected chi connectivity index (χ4v) is 9.61. The highest BCUT2D eigenvalue weighted by Crippen LogP contribution is 2.47. The number of benzene rings is 10. The first-order valence-corrected chi connectivity index (χ1v) is 17.7. The third kappa shape index (κ3) is 3.91. The SMILES string of the molecule is c1ccc2cc3c(cc2c1)sc1cc(-c2c4ccccc4c(-c4ccc5c6ccccc6c6ccccc6c5c4)c4ccccc24)ccc13. The van der Waals surface area contributed by atoms with Gasteiger partial charge in [-0.15, -0.1) is 11.3 Å². The molecule has 1 aromatic heterocycles. The smallest absolute Gasteiger partial charge is 0.0361 e. The van der Waals surface area contributed by atoms with E-state index in [0.29, 0.717) is 0 Å².